The minimum Gasteiger partial charge on any atom is -0.541 e. The zero-order valence-corrected chi connectivity index (χ0v) is 24.9. The molecule has 0 radical (unpaired) electrons. The van der Waals surface area contributed by atoms with Gasteiger partial charge in [-0.3, -0.25) is 0 Å². The first kappa shape index (κ1) is 24.6. The quantitative estimate of drug-likeness (QED) is 0.179. The lowest BCUT2D eigenvalue weighted by molar-refractivity contribution is 0.447. The van der Waals surface area contributed by atoms with Crippen LogP contribution in [0.2, 0.25) is 36.3 Å². The van der Waals surface area contributed by atoms with E-state index < -0.39 is 16.6 Å². The van der Waals surface area contributed by atoms with Crippen LogP contribution in [0, 0.1) is 3.57 Å². The molecule has 2 nitrogen and oxygen atoms in total. The summed E-state index contributed by atoms with van der Waals surface area (Å²) in [5, 5.41) is 4.96. The molecule has 0 fully saturated rings. The van der Waals surface area contributed by atoms with Crippen molar-refractivity contribution in [2.45, 2.75) is 77.8 Å². The molecule has 3 aromatic rings. The monoisotopic (exact) mass is 564 g/mol. The average Bonchev–Trinajstić information content (AvgIpc) is 2.62. The van der Waals surface area contributed by atoms with Crippen LogP contribution >= 0.6 is 22.6 Å². The van der Waals surface area contributed by atoms with E-state index in [-0.39, 0.29) is 10.1 Å². The molecular weight excluding hydrogens is 527 g/mol. The highest BCUT2D eigenvalue weighted by atomic mass is 127. The van der Waals surface area contributed by atoms with Gasteiger partial charge in [-0.25, -0.2) is 0 Å². The Kier molecular flexibility index (Phi) is 6.39. The lowest BCUT2D eigenvalue weighted by Crippen LogP contribution is -2.45. The van der Waals surface area contributed by atoms with Gasteiger partial charge in [0.15, 0.2) is 11.5 Å². The van der Waals surface area contributed by atoms with Crippen LogP contribution in [-0.4, -0.2) is 16.6 Å². The molecular formula is C26H37IO2Si2. The Balaban J connectivity index is 2.43. The smallest absolute Gasteiger partial charge is 0.250 e. The van der Waals surface area contributed by atoms with E-state index in [9.17, 15) is 0 Å². The Morgan fingerprint density at radius 2 is 1.03 bits per heavy atom. The molecule has 0 N–H and O–H groups in total. The van der Waals surface area contributed by atoms with E-state index in [4.69, 9.17) is 8.85 Å². The predicted octanol–water partition coefficient (Wildman–Crippen LogP) is 9.37. The van der Waals surface area contributed by atoms with E-state index in [0.29, 0.717) is 0 Å². The Bertz CT molecular complexity index is 1120. The van der Waals surface area contributed by atoms with Crippen molar-refractivity contribution < 1.29 is 8.85 Å². The van der Waals surface area contributed by atoms with Crippen LogP contribution in [0.15, 0.2) is 42.5 Å². The fourth-order valence-electron chi connectivity index (χ4n) is 3.12. The second-order valence-corrected chi connectivity index (χ2v) is 22.3. The van der Waals surface area contributed by atoms with Crippen LogP contribution in [0.3, 0.4) is 0 Å². The minimum absolute atomic E-state index is 0.0984. The van der Waals surface area contributed by atoms with Gasteiger partial charge in [0.25, 0.3) is 16.6 Å². The number of halogens is 1. The largest absolute Gasteiger partial charge is 0.541 e. The summed E-state index contributed by atoms with van der Waals surface area (Å²) < 4.78 is 15.3. The van der Waals surface area contributed by atoms with Gasteiger partial charge in [-0.15, -0.1) is 0 Å². The molecule has 0 amide bonds. The summed E-state index contributed by atoms with van der Waals surface area (Å²) in [4.78, 5) is 0. The molecule has 0 aromatic heterocycles. The Morgan fingerprint density at radius 1 is 0.613 bits per heavy atom. The van der Waals surface area contributed by atoms with Gasteiger partial charge in [-0.2, -0.15) is 0 Å². The van der Waals surface area contributed by atoms with Crippen LogP contribution in [0.25, 0.3) is 21.5 Å². The van der Waals surface area contributed by atoms with Crippen LogP contribution < -0.4 is 8.85 Å². The van der Waals surface area contributed by atoms with Gasteiger partial charge in [0.2, 0.25) is 0 Å². The topological polar surface area (TPSA) is 18.5 Å². The first-order valence-corrected chi connectivity index (χ1v) is 18.0. The van der Waals surface area contributed by atoms with Crippen molar-refractivity contribution >= 4 is 60.8 Å². The third-order valence-electron chi connectivity index (χ3n) is 7.22. The Labute approximate surface area is 204 Å². The molecule has 0 saturated heterocycles. The van der Waals surface area contributed by atoms with E-state index in [1.807, 2.05) is 0 Å². The number of fused-ring (bicyclic) bond motifs is 3. The summed E-state index contributed by atoms with van der Waals surface area (Å²) >= 11 is 2.40. The van der Waals surface area contributed by atoms with Crippen LogP contribution in [-0.2, 0) is 0 Å². The van der Waals surface area contributed by atoms with Crippen molar-refractivity contribution in [1.29, 1.82) is 0 Å². The minimum atomic E-state index is -2.09. The second kappa shape index (κ2) is 8.06. The molecule has 0 atom stereocenters. The summed E-state index contributed by atoms with van der Waals surface area (Å²) in [6.07, 6.45) is 0. The van der Waals surface area contributed by atoms with Gasteiger partial charge in [-0.1, -0.05) is 71.9 Å². The summed E-state index contributed by atoms with van der Waals surface area (Å²) in [6, 6.07) is 15.3. The number of benzene rings is 3. The summed E-state index contributed by atoms with van der Waals surface area (Å²) in [6.45, 7) is 23.0. The third-order valence-corrected chi connectivity index (χ3v) is 16.5. The molecule has 0 spiro atoms. The number of hydrogen-bond acceptors (Lipinski definition) is 2. The van der Waals surface area contributed by atoms with Crippen LogP contribution in [0.5, 0.6) is 11.5 Å². The molecule has 0 aliphatic heterocycles. The maximum Gasteiger partial charge on any atom is 0.250 e. The molecule has 0 aliphatic carbocycles. The van der Waals surface area contributed by atoms with Gasteiger partial charge < -0.3 is 8.85 Å². The zero-order chi connectivity index (χ0) is 23.4. The maximum absolute atomic E-state index is 7.07. The molecule has 3 aromatic carbocycles. The fraction of sp³-hybridized carbons (Fsp3) is 0.462. The van der Waals surface area contributed by atoms with E-state index >= 15 is 0 Å². The van der Waals surface area contributed by atoms with Crippen molar-refractivity contribution in [3.8, 4) is 11.5 Å². The van der Waals surface area contributed by atoms with E-state index in [1.165, 1.54) is 14.3 Å². The molecule has 3 rings (SSSR count). The van der Waals surface area contributed by atoms with Crippen LogP contribution in [0.1, 0.15) is 41.5 Å². The van der Waals surface area contributed by atoms with Gasteiger partial charge in [0, 0.05) is 14.3 Å². The fourth-order valence-corrected chi connectivity index (χ4v) is 5.65. The summed E-state index contributed by atoms with van der Waals surface area (Å²) in [5.41, 5.74) is 0. The molecule has 0 aliphatic rings. The lowest BCUT2D eigenvalue weighted by atomic mass is 10.0. The van der Waals surface area contributed by atoms with Gasteiger partial charge in [-0.05, 0) is 81.8 Å². The average molecular weight is 565 g/mol. The predicted molar refractivity (Wildman–Crippen MR) is 150 cm³/mol. The van der Waals surface area contributed by atoms with Gasteiger partial charge in [0.1, 0.15) is 0 Å². The Hall–Kier alpha value is -1.06. The highest BCUT2D eigenvalue weighted by Gasteiger charge is 2.43. The standard InChI is InChI=1S/C26H37IO2Si2/c1-25(2,3)30(7,8)28-23-21-14-12-11-13-19(21)20-16-15-18(27)17-22(20)24(23)29-31(9,10)26(4,5)6/h11-17H,1-10H3. The first-order valence-electron chi connectivity index (χ1n) is 11.1. The van der Waals surface area contributed by atoms with Crippen molar-refractivity contribution in [3.63, 3.8) is 0 Å². The summed E-state index contributed by atoms with van der Waals surface area (Å²) in [5.74, 6) is 1.87. The molecule has 168 valence electrons. The highest BCUT2D eigenvalue weighted by molar-refractivity contribution is 14.1. The number of rotatable bonds is 4. The van der Waals surface area contributed by atoms with E-state index in [0.717, 1.165) is 22.3 Å². The van der Waals surface area contributed by atoms with Gasteiger partial charge in [0.05, 0.1) is 0 Å². The van der Waals surface area contributed by atoms with E-state index in [1.54, 1.807) is 0 Å². The van der Waals surface area contributed by atoms with Crippen LogP contribution in [0.4, 0.5) is 0 Å². The number of hydrogen-bond donors (Lipinski definition) is 0. The third kappa shape index (κ3) is 4.69. The van der Waals surface area contributed by atoms with E-state index in [2.05, 4.69) is 133 Å². The second-order valence-electron chi connectivity index (χ2n) is 11.6. The molecule has 0 bridgehead atoms. The lowest BCUT2D eigenvalue weighted by Gasteiger charge is -2.40. The van der Waals surface area contributed by atoms with Crippen molar-refractivity contribution in [1.82, 2.24) is 0 Å². The first-order chi connectivity index (χ1) is 14.1. The highest BCUT2D eigenvalue weighted by Crippen LogP contribution is 2.50. The summed E-state index contributed by atoms with van der Waals surface area (Å²) in [7, 11) is -4.17. The zero-order valence-electron chi connectivity index (χ0n) is 20.7. The Morgan fingerprint density at radius 3 is 1.52 bits per heavy atom. The van der Waals surface area contributed by atoms with Crippen molar-refractivity contribution in [2.75, 3.05) is 0 Å². The molecule has 0 unspecified atom stereocenters. The van der Waals surface area contributed by atoms with Crippen molar-refractivity contribution in [2.24, 2.45) is 0 Å². The molecule has 5 heteroatoms. The molecule has 31 heavy (non-hydrogen) atoms. The SMILES string of the molecule is CC(C)(C)[Si](C)(C)Oc1c(O[Si](C)(C)C(C)(C)C)c2cc(I)ccc2c2ccccc12. The maximum atomic E-state index is 7.07. The molecule has 0 heterocycles. The van der Waals surface area contributed by atoms with Gasteiger partial charge >= 0.3 is 0 Å². The van der Waals surface area contributed by atoms with Crippen molar-refractivity contribution in [3.05, 3.63) is 46.0 Å². The molecule has 0 saturated carbocycles. The normalized spacial score (nSPS) is 13.6.